The van der Waals surface area contributed by atoms with Crippen molar-refractivity contribution in [3.05, 3.63) is 0 Å². The monoisotopic (exact) mass is 446 g/mol. The van der Waals surface area contributed by atoms with Gasteiger partial charge in [0.15, 0.2) is 0 Å². The molecule has 0 saturated heterocycles. The minimum atomic E-state index is -0.908. The van der Waals surface area contributed by atoms with E-state index >= 15 is 0 Å². The van der Waals surface area contributed by atoms with Gasteiger partial charge in [-0.05, 0) is 12.8 Å². The molecule has 184 valence electrons. The van der Waals surface area contributed by atoms with Crippen LogP contribution in [0.15, 0.2) is 0 Å². The number of carboxylic acids is 1. The number of carboxylic acid groups (broad SMARTS) is 1. The molecule has 0 heterocycles. The van der Waals surface area contributed by atoms with Crippen molar-refractivity contribution in [2.75, 3.05) is 24.6 Å². The Kier molecular flexibility index (Phi) is 25.2. The van der Waals surface area contributed by atoms with Gasteiger partial charge in [0.2, 0.25) is 0 Å². The third kappa shape index (κ3) is 18.7. The summed E-state index contributed by atoms with van der Waals surface area (Å²) in [5.41, 5.74) is 0. The molecule has 0 aromatic heterocycles. The van der Waals surface area contributed by atoms with Crippen LogP contribution < -0.4 is 0 Å². The van der Waals surface area contributed by atoms with Gasteiger partial charge in [-0.1, -0.05) is 33.1 Å². The molecule has 1 atom stereocenters. The third-order valence-corrected chi connectivity index (χ3v) is 12.4. The fourth-order valence-electron chi connectivity index (χ4n) is 4.48. The molecule has 30 heavy (non-hydrogen) atoms. The van der Waals surface area contributed by atoms with Crippen LogP contribution in [0.1, 0.15) is 138 Å². The molecule has 0 aromatic carbocycles. The Morgan fingerprint density at radius 1 is 0.600 bits per heavy atom. The second-order valence-electron chi connectivity index (χ2n) is 9.56. The number of unbranched alkanes of at least 4 members (excludes halogenated alkanes) is 8. The van der Waals surface area contributed by atoms with E-state index in [9.17, 15) is 4.79 Å². The Hall–Kier alpha value is -0.100. The summed E-state index contributed by atoms with van der Waals surface area (Å²) >= 11 is 0. The fourth-order valence-corrected chi connectivity index (χ4v) is 10.3. The van der Waals surface area contributed by atoms with Crippen molar-refractivity contribution in [2.24, 2.45) is 5.92 Å². The zero-order valence-electron chi connectivity index (χ0n) is 21.9. The molecular formula is C27H59O2P. The third-order valence-electron chi connectivity index (χ3n) is 6.74. The first kappa shape index (κ1) is 32.1. The van der Waals surface area contributed by atoms with Gasteiger partial charge in [0.25, 0.3) is 0 Å². The Balaban J connectivity index is 0. The van der Waals surface area contributed by atoms with E-state index < -0.39 is 13.2 Å². The summed E-state index contributed by atoms with van der Waals surface area (Å²) in [5.74, 6) is -0.745. The van der Waals surface area contributed by atoms with Crippen LogP contribution in [0.5, 0.6) is 0 Å². The summed E-state index contributed by atoms with van der Waals surface area (Å²) in [6.07, 6.45) is 26.1. The summed E-state index contributed by atoms with van der Waals surface area (Å²) in [6.45, 7) is 13.5. The van der Waals surface area contributed by atoms with Gasteiger partial charge in [-0.2, -0.15) is 0 Å². The average molecular weight is 447 g/mol. The van der Waals surface area contributed by atoms with E-state index in [4.69, 9.17) is 5.11 Å². The van der Waals surface area contributed by atoms with Gasteiger partial charge < -0.3 is 5.11 Å². The number of hydrogen-bond donors (Lipinski definition) is 1. The van der Waals surface area contributed by atoms with Gasteiger partial charge in [0.1, 0.15) is 0 Å². The van der Waals surface area contributed by atoms with Crippen LogP contribution in [-0.2, 0) is 4.79 Å². The van der Waals surface area contributed by atoms with Gasteiger partial charge >= 0.3 is 130 Å². The van der Waals surface area contributed by atoms with Crippen molar-refractivity contribution >= 4 is 13.2 Å². The summed E-state index contributed by atoms with van der Waals surface area (Å²) in [5, 5.41) is 8.67. The maximum absolute atomic E-state index is 10.5. The van der Waals surface area contributed by atoms with Crippen molar-refractivity contribution in [3.8, 4) is 0 Å². The number of carbonyl (C=O) groups is 1. The Bertz CT molecular complexity index is 335. The van der Waals surface area contributed by atoms with Crippen molar-refractivity contribution in [2.45, 2.75) is 138 Å². The second kappa shape index (κ2) is 23.6. The molecule has 0 bridgehead atoms. The van der Waals surface area contributed by atoms with Crippen LogP contribution in [0, 0.1) is 5.92 Å². The molecule has 0 aliphatic heterocycles. The van der Waals surface area contributed by atoms with E-state index in [-0.39, 0.29) is 5.92 Å². The van der Waals surface area contributed by atoms with Crippen molar-refractivity contribution in [3.63, 3.8) is 0 Å². The van der Waals surface area contributed by atoms with Crippen LogP contribution >= 0.6 is 7.26 Å². The molecule has 2 nitrogen and oxygen atoms in total. The van der Waals surface area contributed by atoms with Gasteiger partial charge in [-0.15, -0.1) is 0 Å². The summed E-state index contributed by atoms with van der Waals surface area (Å²) in [7, 11) is -0.908. The molecule has 0 saturated carbocycles. The first-order valence-corrected chi connectivity index (χ1v) is 16.5. The summed E-state index contributed by atoms with van der Waals surface area (Å²) in [6, 6.07) is 0. The minimum absolute atomic E-state index is 0.110. The second-order valence-corrected chi connectivity index (χ2v) is 14.6. The fraction of sp³-hybridized carbons (Fsp3) is 0.963. The summed E-state index contributed by atoms with van der Waals surface area (Å²) < 4.78 is 0. The molecule has 1 N–H and O–H groups in total. The molecular weight excluding hydrogens is 387 g/mol. The van der Waals surface area contributed by atoms with E-state index in [1.807, 2.05) is 6.92 Å². The molecule has 1 unspecified atom stereocenters. The zero-order valence-corrected chi connectivity index (χ0v) is 22.9. The number of aliphatic carboxylic acids is 1. The molecule has 0 spiro atoms. The van der Waals surface area contributed by atoms with Crippen LogP contribution in [0.25, 0.3) is 0 Å². The normalized spacial score (nSPS) is 12.9. The molecule has 0 aliphatic rings. The molecule has 0 rings (SSSR count). The van der Waals surface area contributed by atoms with Crippen LogP contribution in [0.2, 0.25) is 0 Å². The first-order chi connectivity index (χ1) is 14.5. The van der Waals surface area contributed by atoms with Gasteiger partial charge in [0, 0.05) is 0 Å². The maximum atomic E-state index is 10.5. The van der Waals surface area contributed by atoms with E-state index in [0.29, 0.717) is 0 Å². The van der Waals surface area contributed by atoms with Gasteiger partial charge in [-0.3, -0.25) is 4.79 Å². The van der Waals surface area contributed by atoms with E-state index in [1.165, 1.54) is 64.2 Å². The molecule has 3 heteroatoms. The van der Waals surface area contributed by atoms with Gasteiger partial charge in [0.05, 0.1) is 5.92 Å². The Morgan fingerprint density at radius 3 is 1.37 bits per heavy atom. The van der Waals surface area contributed by atoms with E-state index in [0.717, 1.165) is 32.1 Å². The Labute approximate surface area is 191 Å². The predicted octanol–water partition coefficient (Wildman–Crippen LogP) is 9.39. The van der Waals surface area contributed by atoms with Crippen molar-refractivity contribution in [1.29, 1.82) is 0 Å². The first-order valence-electron chi connectivity index (χ1n) is 13.7. The van der Waals surface area contributed by atoms with Crippen LogP contribution in [0.3, 0.4) is 0 Å². The number of hydrogen-bond acceptors (Lipinski definition) is 1. The standard InChI is InChI=1S/C18H41P.C9H18O2/c1-5-9-13-14-18-19(15-10-6-2,16-11-7-3)17-12-8-4;1-3-5-6-7-8(4-2)9(10)11/h19H,5-18H2,1-4H3;8H,3-7H2,1-2H3,(H,10,11). The van der Waals surface area contributed by atoms with E-state index in [2.05, 4.69) is 34.6 Å². The quantitative estimate of drug-likeness (QED) is 0.149. The topological polar surface area (TPSA) is 37.3 Å². The molecule has 0 aromatic rings. The van der Waals surface area contributed by atoms with Crippen LogP contribution in [0.4, 0.5) is 0 Å². The summed E-state index contributed by atoms with van der Waals surface area (Å²) in [4.78, 5) is 10.5. The zero-order chi connectivity index (χ0) is 23.1. The van der Waals surface area contributed by atoms with E-state index in [1.54, 1.807) is 24.6 Å². The molecule has 0 radical (unpaired) electrons. The number of rotatable bonds is 20. The van der Waals surface area contributed by atoms with Crippen molar-refractivity contribution < 1.29 is 9.90 Å². The molecule has 0 amide bonds. The van der Waals surface area contributed by atoms with Crippen molar-refractivity contribution in [1.82, 2.24) is 0 Å². The predicted molar refractivity (Wildman–Crippen MR) is 142 cm³/mol. The van der Waals surface area contributed by atoms with Gasteiger partial charge in [-0.25, -0.2) is 0 Å². The Morgan fingerprint density at radius 2 is 1.00 bits per heavy atom. The molecule has 0 fully saturated rings. The molecule has 0 aliphatic carbocycles. The SMILES string of the molecule is CCCCCC(CC)C(=O)O.CCCCCC[PH](CCCC)(CCCC)CCCC. The van der Waals surface area contributed by atoms with Crippen LogP contribution in [-0.4, -0.2) is 35.7 Å². The average Bonchev–Trinajstić information content (AvgIpc) is 2.75.